The maximum Gasteiger partial charge on any atom is 0.0624 e. The van der Waals surface area contributed by atoms with Gasteiger partial charge in [-0.3, -0.25) is 0 Å². The lowest BCUT2D eigenvalue weighted by molar-refractivity contribution is 0.268. The Kier molecular flexibility index (Phi) is 4.25. The zero-order chi connectivity index (χ0) is 13.1. The molecular weight excluding hydrogens is 224 g/mol. The fourth-order valence-electron chi connectivity index (χ4n) is 2.93. The maximum absolute atomic E-state index is 9.15. The van der Waals surface area contributed by atoms with E-state index in [2.05, 4.69) is 30.9 Å². The Bertz CT molecular complexity index is 388. The summed E-state index contributed by atoms with van der Waals surface area (Å²) in [6.07, 6.45) is 3.93. The van der Waals surface area contributed by atoms with Crippen LogP contribution in [-0.2, 0) is 0 Å². The number of anilines is 1. The van der Waals surface area contributed by atoms with Gasteiger partial charge >= 0.3 is 0 Å². The molecule has 0 amide bonds. The molecule has 1 heterocycles. The number of piperidine rings is 1. The first-order valence-corrected chi connectivity index (χ1v) is 6.86. The van der Waals surface area contributed by atoms with Crippen molar-refractivity contribution in [1.82, 2.24) is 0 Å². The Hall–Kier alpha value is -1.06. The molecule has 1 aromatic rings. The summed E-state index contributed by atoms with van der Waals surface area (Å²) in [6.45, 7) is 6.61. The van der Waals surface area contributed by atoms with E-state index in [9.17, 15) is 0 Å². The molecule has 0 aliphatic carbocycles. The molecule has 0 aromatic heterocycles. The molecule has 1 saturated heterocycles. The molecule has 1 aromatic carbocycles. The van der Waals surface area contributed by atoms with Crippen LogP contribution in [0.2, 0.25) is 0 Å². The minimum atomic E-state index is -0.266. The first kappa shape index (κ1) is 13.4. The molecule has 3 N–H and O–H groups in total. The van der Waals surface area contributed by atoms with Gasteiger partial charge in [-0.05, 0) is 49.8 Å². The summed E-state index contributed by atoms with van der Waals surface area (Å²) >= 11 is 0. The van der Waals surface area contributed by atoms with E-state index in [4.69, 9.17) is 10.8 Å². The predicted molar refractivity (Wildman–Crippen MR) is 76.0 cm³/mol. The molecule has 1 atom stereocenters. The Labute approximate surface area is 110 Å². The van der Waals surface area contributed by atoms with Crippen LogP contribution in [0.3, 0.4) is 0 Å². The molecular formula is C15H24N2O. The summed E-state index contributed by atoms with van der Waals surface area (Å²) in [6, 6.07) is 3.98. The van der Waals surface area contributed by atoms with Crippen molar-refractivity contribution in [2.24, 2.45) is 5.73 Å². The number of hydrogen-bond donors (Lipinski definition) is 2. The number of benzene rings is 1. The fourth-order valence-corrected chi connectivity index (χ4v) is 2.93. The van der Waals surface area contributed by atoms with Gasteiger partial charge in [0, 0.05) is 18.8 Å². The summed E-state index contributed by atoms with van der Waals surface area (Å²) in [4.78, 5) is 2.49. The highest BCUT2D eigenvalue weighted by Gasteiger charge is 2.17. The van der Waals surface area contributed by atoms with E-state index in [1.807, 2.05) is 0 Å². The Morgan fingerprint density at radius 2 is 1.72 bits per heavy atom. The van der Waals surface area contributed by atoms with E-state index in [0.29, 0.717) is 0 Å². The van der Waals surface area contributed by atoms with Crippen LogP contribution in [0.5, 0.6) is 0 Å². The molecule has 18 heavy (non-hydrogen) atoms. The summed E-state index contributed by atoms with van der Waals surface area (Å²) < 4.78 is 0. The normalized spacial score (nSPS) is 17.9. The summed E-state index contributed by atoms with van der Waals surface area (Å²) in [5.74, 6) is 0. The van der Waals surface area contributed by atoms with E-state index in [0.717, 1.165) is 18.7 Å². The van der Waals surface area contributed by atoms with Crippen molar-refractivity contribution >= 4 is 5.69 Å². The number of aryl methyl sites for hydroxylation is 2. The van der Waals surface area contributed by atoms with Crippen molar-refractivity contribution in [1.29, 1.82) is 0 Å². The lowest BCUT2D eigenvalue weighted by atomic mass is 9.98. The molecule has 0 saturated carbocycles. The van der Waals surface area contributed by atoms with Crippen molar-refractivity contribution in [3.8, 4) is 0 Å². The molecule has 1 aliphatic rings. The molecule has 0 unspecified atom stereocenters. The average molecular weight is 248 g/mol. The molecule has 100 valence electrons. The molecule has 2 rings (SSSR count). The third-order valence-electron chi connectivity index (χ3n) is 3.81. The third-order valence-corrected chi connectivity index (χ3v) is 3.81. The van der Waals surface area contributed by atoms with Crippen LogP contribution in [0.4, 0.5) is 5.69 Å². The molecule has 1 aliphatic heterocycles. The van der Waals surface area contributed by atoms with Crippen molar-refractivity contribution in [2.75, 3.05) is 24.6 Å². The van der Waals surface area contributed by atoms with Gasteiger partial charge in [-0.2, -0.15) is 0 Å². The average Bonchev–Trinajstić information content (AvgIpc) is 2.38. The Morgan fingerprint density at radius 1 is 1.17 bits per heavy atom. The van der Waals surface area contributed by atoms with Crippen LogP contribution in [0.25, 0.3) is 0 Å². The van der Waals surface area contributed by atoms with Gasteiger partial charge in [0.05, 0.1) is 12.6 Å². The number of nitrogens with zero attached hydrogens (tertiary/aromatic N) is 1. The van der Waals surface area contributed by atoms with E-state index >= 15 is 0 Å². The van der Waals surface area contributed by atoms with Gasteiger partial charge in [0.25, 0.3) is 0 Å². The summed E-state index contributed by atoms with van der Waals surface area (Å²) in [7, 11) is 0. The molecule has 0 bridgehead atoms. The zero-order valence-corrected chi connectivity index (χ0v) is 11.4. The lowest BCUT2D eigenvalue weighted by Gasteiger charge is -2.32. The number of rotatable bonds is 3. The lowest BCUT2D eigenvalue weighted by Crippen LogP contribution is -2.30. The number of aliphatic hydroxyl groups excluding tert-OH is 1. The second-order valence-corrected chi connectivity index (χ2v) is 5.34. The van der Waals surface area contributed by atoms with Crippen molar-refractivity contribution < 1.29 is 5.11 Å². The van der Waals surface area contributed by atoms with Crippen molar-refractivity contribution in [3.05, 3.63) is 28.8 Å². The molecule has 3 heteroatoms. The van der Waals surface area contributed by atoms with Crippen LogP contribution in [-0.4, -0.2) is 24.8 Å². The first-order valence-electron chi connectivity index (χ1n) is 6.86. The van der Waals surface area contributed by atoms with Gasteiger partial charge in [0.2, 0.25) is 0 Å². The van der Waals surface area contributed by atoms with Gasteiger partial charge in [0.15, 0.2) is 0 Å². The second-order valence-electron chi connectivity index (χ2n) is 5.34. The summed E-state index contributed by atoms with van der Waals surface area (Å²) in [5.41, 5.74) is 10.8. The molecule has 0 spiro atoms. The van der Waals surface area contributed by atoms with Gasteiger partial charge in [0.1, 0.15) is 0 Å². The standard InChI is InChI=1S/C15H24N2O/c1-11-8-13(14(16)10-18)9-12(2)15(11)17-6-4-3-5-7-17/h8-9,14,18H,3-7,10,16H2,1-2H3/t14-/m0/s1. The maximum atomic E-state index is 9.15. The van der Waals surface area contributed by atoms with Crippen LogP contribution >= 0.6 is 0 Å². The topological polar surface area (TPSA) is 49.5 Å². The van der Waals surface area contributed by atoms with Gasteiger partial charge < -0.3 is 15.7 Å². The van der Waals surface area contributed by atoms with Gasteiger partial charge in [-0.25, -0.2) is 0 Å². The predicted octanol–water partition coefficient (Wildman–Crippen LogP) is 2.29. The Balaban J connectivity index is 2.31. The quantitative estimate of drug-likeness (QED) is 0.863. The van der Waals surface area contributed by atoms with Crippen molar-refractivity contribution in [2.45, 2.75) is 39.2 Å². The van der Waals surface area contributed by atoms with Crippen LogP contribution in [0, 0.1) is 13.8 Å². The third kappa shape index (κ3) is 2.68. The van der Waals surface area contributed by atoms with E-state index in [-0.39, 0.29) is 12.6 Å². The molecule has 1 fully saturated rings. The second kappa shape index (κ2) is 5.72. The largest absolute Gasteiger partial charge is 0.394 e. The number of nitrogens with two attached hydrogens (primary N) is 1. The highest BCUT2D eigenvalue weighted by molar-refractivity contribution is 5.60. The van der Waals surface area contributed by atoms with Gasteiger partial charge in [-0.1, -0.05) is 12.1 Å². The van der Waals surface area contributed by atoms with Crippen LogP contribution in [0.1, 0.15) is 42.0 Å². The number of hydrogen-bond acceptors (Lipinski definition) is 3. The number of aliphatic hydroxyl groups is 1. The van der Waals surface area contributed by atoms with Crippen LogP contribution in [0.15, 0.2) is 12.1 Å². The van der Waals surface area contributed by atoms with E-state index in [1.54, 1.807) is 0 Å². The highest BCUT2D eigenvalue weighted by atomic mass is 16.3. The zero-order valence-electron chi connectivity index (χ0n) is 11.4. The fraction of sp³-hybridized carbons (Fsp3) is 0.600. The minimum absolute atomic E-state index is 0.00193. The van der Waals surface area contributed by atoms with Crippen LogP contribution < -0.4 is 10.6 Å². The minimum Gasteiger partial charge on any atom is -0.394 e. The van der Waals surface area contributed by atoms with Gasteiger partial charge in [-0.15, -0.1) is 0 Å². The van der Waals surface area contributed by atoms with Crippen molar-refractivity contribution in [3.63, 3.8) is 0 Å². The highest BCUT2D eigenvalue weighted by Crippen LogP contribution is 2.30. The smallest absolute Gasteiger partial charge is 0.0624 e. The molecule has 0 radical (unpaired) electrons. The first-order chi connectivity index (χ1) is 8.63. The van der Waals surface area contributed by atoms with E-state index < -0.39 is 0 Å². The molecule has 3 nitrogen and oxygen atoms in total. The SMILES string of the molecule is Cc1cc([C@@H](N)CO)cc(C)c1N1CCCCC1. The monoisotopic (exact) mass is 248 g/mol. The Morgan fingerprint density at radius 3 is 2.22 bits per heavy atom. The van der Waals surface area contributed by atoms with E-state index in [1.165, 1.54) is 36.1 Å². The summed E-state index contributed by atoms with van der Waals surface area (Å²) in [5, 5.41) is 9.15.